The van der Waals surface area contributed by atoms with E-state index in [2.05, 4.69) is 12.1 Å². The Morgan fingerprint density at radius 2 is 2.10 bits per heavy atom. The zero-order chi connectivity index (χ0) is 14.2. The van der Waals surface area contributed by atoms with Gasteiger partial charge in [0.15, 0.2) is 0 Å². The number of benzene rings is 1. The van der Waals surface area contributed by atoms with Crippen LogP contribution in [0.4, 0.5) is 0 Å². The lowest BCUT2D eigenvalue weighted by Crippen LogP contribution is -2.40. The molecule has 1 N–H and O–H groups in total. The van der Waals surface area contributed by atoms with Crippen LogP contribution in [-0.2, 0) is 4.74 Å². The fourth-order valence-corrected chi connectivity index (χ4v) is 3.25. The smallest absolute Gasteiger partial charge is 0.421 e. The van der Waals surface area contributed by atoms with Crippen molar-refractivity contribution in [3.63, 3.8) is 0 Å². The monoisotopic (exact) mass is 281 g/mol. The van der Waals surface area contributed by atoms with E-state index in [-0.39, 0.29) is 5.92 Å². The number of hydroxylamine groups is 1. The quantitative estimate of drug-likeness (QED) is 0.635. The summed E-state index contributed by atoms with van der Waals surface area (Å²) in [5.41, 5.74) is 4.03. The molecular weight excluding hydrogens is 264 g/mol. The third kappa shape index (κ3) is 1.90. The van der Waals surface area contributed by atoms with Gasteiger partial charge in [0.1, 0.15) is 12.3 Å². The van der Waals surface area contributed by atoms with E-state index >= 15 is 0 Å². The van der Waals surface area contributed by atoms with Gasteiger partial charge in [-0.3, -0.25) is 10.2 Å². The maximum atomic E-state index is 10.5. The Balaban J connectivity index is 1.94. The van der Waals surface area contributed by atoms with Gasteiger partial charge in [0, 0.05) is 13.0 Å². The maximum absolute atomic E-state index is 10.5. The third-order valence-corrected chi connectivity index (χ3v) is 4.18. The van der Waals surface area contributed by atoms with Crippen molar-refractivity contribution in [3.8, 4) is 0 Å². The van der Waals surface area contributed by atoms with Crippen molar-refractivity contribution in [2.24, 2.45) is 4.99 Å². The molecule has 1 atom stereocenters. The van der Waals surface area contributed by atoms with E-state index in [4.69, 9.17) is 9.73 Å². The van der Waals surface area contributed by atoms with Gasteiger partial charge in [0.2, 0.25) is 0 Å². The average molecular weight is 281 g/mol. The van der Waals surface area contributed by atoms with E-state index in [0.29, 0.717) is 12.5 Å². The molecule has 0 bridgehead atoms. The molecule has 21 heavy (non-hydrogen) atoms. The van der Waals surface area contributed by atoms with Crippen molar-refractivity contribution in [3.05, 3.63) is 59.5 Å². The van der Waals surface area contributed by atoms with Gasteiger partial charge in [-0.15, -0.1) is 0 Å². The largest absolute Gasteiger partial charge is 0.437 e. The molecule has 0 saturated heterocycles. The van der Waals surface area contributed by atoms with Gasteiger partial charge in [-0.1, -0.05) is 30.3 Å². The summed E-state index contributed by atoms with van der Waals surface area (Å²) in [7, 11) is 0. The summed E-state index contributed by atoms with van der Waals surface area (Å²) < 4.78 is 6.89. The Morgan fingerprint density at radius 3 is 2.95 bits per heavy atom. The van der Waals surface area contributed by atoms with E-state index in [0.717, 1.165) is 36.4 Å². The van der Waals surface area contributed by atoms with E-state index in [1.54, 1.807) is 0 Å². The molecule has 3 heterocycles. The second-order valence-electron chi connectivity index (χ2n) is 5.45. The highest BCUT2D eigenvalue weighted by molar-refractivity contribution is 6.43. The van der Waals surface area contributed by atoms with E-state index < -0.39 is 0 Å². The highest BCUT2D eigenvalue weighted by Crippen LogP contribution is 2.36. The number of nitrogens with zero attached hydrogens (tertiary/aromatic N) is 2. The summed E-state index contributed by atoms with van der Waals surface area (Å²) in [6, 6.07) is 10.3. The lowest BCUT2D eigenvalue weighted by Gasteiger charge is -2.27. The normalized spacial score (nSPS) is 24.2. The van der Waals surface area contributed by atoms with Crippen molar-refractivity contribution in [2.75, 3.05) is 13.2 Å². The van der Waals surface area contributed by atoms with Crippen LogP contribution < -0.4 is 0 Å². The number of ether oxygens (including phenoxy) is 1. The van der Waals surface area contributed by atoms with E-state index in [1.165, 1.54) is 10.3 Å². The molecule has 3 aliphatic rings. The second kappa shape index (κ2) is 4.88. The van der Waals surface area contributed by atoms with Crippen LogP contribution in [0.15, 0.2) is 58.9 Å². The summed E-state index contributed by atoms with van der Waals surface area (Å²) in [6.07, 6.45) is 5.84. The summed E-state index contributed by atoms with van der Waals surface area (Å²) >= 11 is 0. The molecule has 1 aromatic carbocycles. The van der Waals surface area contributed by atoms with Crippen molar-refractivity contribution in [2.45, 2.75) is 18.8 Å². The molecule has 0 spiro atoms. The van der Waals surface area contributed by atoms with Gasteiger partial charge < -0.3 is 4.74 Å². The number of rotatable bonds is 1. The Labute approximate surface area is 123 Å². The van der Waals surface area contributed by atoms with Gasteiger partial charge in [-0.05, 0) is 24.1 Å². The first-order valence-corrected chi connectivity index (χ1v) is 7.34. The molecule has 4 heteroatoms. The maximum Gasteiger partial charge on any atom is 0.421 e. The molecule has 0 aliphatic carbocycles. The topological polar surface area (TPSA) is 44.8 Å². The third-order valence-electron chi connectivity index (χ3n) is 4.18. The molecule has 1 aromatic rings. The standard InChI is InChI=1S/C17H17N2O2/c20-19-14-9-4-10-18-16(14)15(12-6-2-1-3-7-12)13-8-5-11-21-17(13)19/h1-3,5-8,15,20H,4,9-11H2/q+1. The van der Waals surface area contributed by atoms with Crippen LogP contribution in [0.5, 0.6) is 0 Å². The Hall–Kier alpha value is -2.36. The Morgan fingerprint density at radius 1 is 1.24 bits per heavy atom. The van der Waals surface area contributed by atoms with Crippen molar-refractivity contribution >= 4 is 11.4 Å². The highest BCUT2D eigenvalue weighted by Gasteiger charge is 2.44. The Bertz CT molecular complexity index is 699. The van der Waals surface area contributed by atoms with Crippen LogP contribution in [0.2, 0.25) is 0 Å². The van der Waals surface area contributed by atoms with Crippen molar-refractivity contribution < 1.29 is 14.7 Å². The number of fused-ring (bicyclic) bond motifs is 1. The molecule has 0 fully saturated rings. The second-order valence-corrected chi connectivity index (χ2v) is 5.45. The SMILES string of the molecule is O[N+]1=C2CCCN=C2C(c2ccccc2)C2=C1OCC=C2. The van der Waals surface area contributed by atoms with Crippen LogP contribution in [0.3, 0.4) is 0 Å². The molecule has 4 rings (SSSR count). The highest BCUT2D eigenvalue weighted by atomic mass is 16.6. The lowest BCUT2D eigenvalue weighted by molar-refractivity contribution is -0.756. The minimum absolute atomic E-state index is 0.0523. The van der Waals surface area contributed by atoms with Crippen LogP contribution in [-0.4, -0.2) is 34.5 Å². The molecule has 0 aromatic heterocycles. The molecule has 106 valence electrons. The fraction of sp³-hybridized carbons (Fsp3) is 0.294. The first-order chi connectivity index (χ1) is 10.4. The van der Waals surface area contributed by atoms with E-state index in [1.807, 2.05) is 30.4 Å². The molecule has 4 nitrogen and oxygen atoms in total. The van der Waals surface area contributed by atoms with Crippen LogP contribution >= 0.6 is 0 Å². The molecular formula is C17H17N2O2+. The fourth-order valence-electron chi connectivity index (χ4n) is 3.25. The number of hydrogen-bond acceptors (Lipinski definition) is 3. The molecule has 0 radical (unpaired) electrons. The predicted molar refractivity (Wildman–Crippen MR) is 79.9 cm³/mol. The molecule has 3 aliphatic heterocycles. The first kappa shape index (κ1) is 12.4. The van der Waals surface area contributed by atoms with Gasteiger partial charge in [0.05, 0.1) is 16.2 Å². The zero-order valence-corrected chi connectivity index (χ0v) is 11.7. The first-order valence-electron chi connectivity index (χ1n) is 7.34. The summed E-state index contributed by atoms with van der Waals surface area (Å²) in [5.74, 6) is 0.610. The average Bonchev–Trinajstić information content (AvgIpc) is 2.56. The minimum Gasteiger partial charge on any atom is -0.437 e. The summed E-state index contributed by atoms with van der Waals surface area (Å²) in [4.78, 5) is 4.71. The minimum atomic E-state index is 0.0523. The number of aliphatic imine (C=N–C) groups is 1. The summed E-state index contributed by atoms with van der Waals surface area (Å²) in [6.45, 7) is 1.32. The predicted octanol–water partition coefficient (Wildman–Crippen LogP) is 2.66. The van der Waals surface area contributed by atoms with Crippen molar-refractivity contribution in [1.82, 2.24) is 0 Å². The van der Waals surface area contributed by atoms with Gasteiger partial charge in [-0.25, -0.2) is 0 Å². The molecule has 0 amide bonds. The van der Waals surface area contributed by atoms with Crippen LogP contribution in [0.25, 0.3) is 0 Å². The molecule has 1 unspecified atom stereocenters. The van der Waals surface area contributed by atoms with Gasteiger partial charge in [-0.2, -0.15) is 0 Å². The van der Waals surface area contributed by atoms with Gasteiger partial charge >= 0.3 is 5.88 Å². The zero-order valence-electron chi connectivity index (χ0n) is 11.7. The number of allylic oxidation sites excluding steroid dienone is 2. The van der Waals surface area contributed by atoms with Crippen molar-refractivity contribution in [1.29, 1.82) is 0 Å². The summed E-state index contributed by atoms with van der Waals surface area (Å²) in [5, 5.41) is 10.5. The Kier molecular flexibility index (Phi) is 2.88. The van der Waals surface area contributed by atoms with Crippen LogP contribution in [0.1, 0.15) is 24.3 Å². The van der Waals surface area contributed by atoms with Gasteiger partial charge in [0.25, 0.3) is 5.71 Å². The van der Waals surface area contributed by atoms with Crippen LogP contribution in [0, 0.1) is 0 Å². The molecule has 0 saturated carbocycles. The number of hydrogen-bond donors (Lipinski definition) is 1. The lowest BCUT2D eigenvalue weighted by atomic mass is 9.80. The van der Waals surface area contributed by atoms with E-state index in [9.17, 15) is 5.21 Å².